The Bertz CT molecular complexity index is 440. The average molecular weight is 369 g/mol. The molecule has 0 radical (unpaired) electrons. The predicted octanol–water partition coefficient (Wildman–Crippen LogP) is 3.19. The van der Waals surface area contributed by atoms with Gasteiger partial charge < -0.3 is 15.0 Å². The van der Waals surface area contributed by atoms with Gasteiger partial charge in [-0.05, 0) is 12.8 Å². The van der Waals surface area contributed by atoms with E-state index in [0.717, 1.165) is 19.3 Å². The summed E-state index contributed by atoms with van der Waals surface area (Å²) >= 11 is 0. The Labute approximate surface area is 158 Å². The number of carbonyl (C=O) groups is 3. The molecule has 26 heavy (non-hydrogen) atoms. The summed E-state index contributed by atoms with van der Waals surface area (Å²) in [5.74, 6) is -0.725. The Morgan fingerprint density at radius 3 is 2.35 bits per heavy atom. The van der Waals surface area contributed by atoms with Crippen LogP contribution in [-0.4, -0.2) is 48.4 Å². The summed E-state index contributed by atoms with van der Waals surface area (Å²) in [6, 6.07) is -0.728. The summed E-state index contributed by atoms with van der Waals surface area (Å²) in [7, 11) is 0. The van der Waals surface area contributed by atoms with Crippen molar-refractivity contribution < 1.29 is 19.1 Å². The van der Waals surface area contributed by atoms with E-state index in [1.807, 2.05) is 6.92 Å². The van der Waals surface area contributed by atoms with Crippen LogP contribution in [0.3, 0.4) is 0 Å². The highest BCUT2D eigenvalue weighted by molar-refractivity contribution is 5.91. The van der Waals surface area contributed by atoms with Crippen molar-refractivity contribution in [1.82, 2.24) is 10.2 Å². The number of rotatable bonds is 13. The van der Waals surface area contributed by atoms with Crippen LogP contribution in [0.2, 0.25) is 0 Å². The van der Waals surface area contributed by atoms with E-state index in [1.165, 1.54) is 43.4 Å². The standard InChI is InChI=1S/C20H36N2O4/c1-3-5-6-7-8-9-10-11-15-26-19(24)16-17-20(25)21-13-14-22(17)18(23)12-4-2/h17H,3-16H2,1-2H3,(H,21,25). The van der Waals surface area contributed by atoms with Gasteiger partial charge in [-0.15, -0.1) is 0 Å². The number of unbranched alkanes of at least 4 members (excludes halogenated alkanes) is 7. The van der Waals surface area contributed by atoms with E-state index in [9.17, 15) is 14.4 Å². The molecule has 0 spiro atoms. The van der Waals surface area contributed by atoms with Crippen molar-refractivity contribution >= 4 is 17.8 Å². The number of piperazine rings is 1. The lowest BCUT2D eigenvalue weighted by Crippen LogP contribution is -2.57. The lowest BCUT2D eigenvalue weighted by Gasteiger charge is -2.34. The van der Waals surface area contributed by atoms with E-state index in [2.05, 4.69) is 12.2 Å². The number of nitrogens with one attached hydrogen (secondary N) is 1. The number of nitrogens with zero attached hydrogens (tertiary/aromatic N) is 1. The minimum Gasteiger partial charge on any atom is -0.466 e. The van der Waals surface area contributed by atoms with E-state index >= 15 is 0 Å². The van der Waals surface area contributed by atoms with Gasteiger partial charge in [0.15, 0.2) is 0 Å². The molecular weight excluding hydrogens is 332 g/mol. The summed E-state index contributed by atoms with van der Waals surface area (Å²) in [5, 5.41) is 2.73. The first kappa shape index (κ1) is 22.5. The number of ether oxygens (including phenoxy) is 1. The SMILES string of the molecule is CCCCCCCCCCOC(=O)CC1C(=O)NCCN1C(=O)CCC. The largest absolute Gasteiger partial charge is 0.466 e. The quantitative estimate of drug-likeness (QED) is 0.400. The second-order valence-corrected chi connectivity index (χ2v) is 7.04. The van der Waals surface area contributed by atoms with Crippen LogP contribution in [0.15, 0.2) is 0 Å². The highest BCUT2D eigenvalue weighted by Gasteiger charge is 2.34. The monoisotopic (exact) mass is 368 g/mol. The average Bonchev–Trinajstić information content (AvgIpc) is 2.62. The first-order valence-electron chi connectivity index (χ1n) is 10.3. The van der Waals surface area contributed by atoms with Crippen molar-refractivity contribution in [2.75, 3.05) is 19.7 Å². The fourth-order valence-electron chi connectivity index (χ4n) is 3.21. The van der Waals surface area contributed by atoms with Crippen molar-refractivity contribution in [1.29, 1.82) is 0 Å². The van der Waals surface area contributed by atoms with Crippen molar-refractivity contribution in [2.45, 2.75) is 90.5 Å². The fourth-order valence-corrected chi connectivity index (χ4v) is 3.21. The molecule has 6 heteroatoms. The summed E-state index contributed by atoms with van der Waals surface area (Å²) in [4.78, 5) is 37.8. The lowest BCUT2D eigenvalue weighted by molar-refractivity contribution is -0.152. The Hall–Kier alpha value is -1.59. The second-order valence-electron chi connectivity index (χ2n) is 7.04. The predicted molar refractivity (Wildman–Crippen MR) is 102 cm³/mol. The van der Waals surface area contributed by atoms with Gasteiger partial charge in [-0.25, -0.2) is 0 Å². The second kappa shape index (κ2) is 13.6. The maximum atomic E-state index is 12.2. The molecule has 0 aromatic carbocycles. The molecule has 1 N–H and O–H groups in total. The van der Waals surface area contributed by atoms with Crippen molar-refractivity contribution in [2.24, 2.45) is 0 Å². The van der Waals surface area contributed by atoms with Crippen LogP contribution in [0, 0.1) is 0 Å². The van der Waals surface area contributed by atoms with E-state index in [4.69, 9.17) is 4.74 Å². The molecule has 1 atom stereocenters. The van der Waals surface area contributed by atoms with Crippen molar-refractivity contribution in [3.8, 4) is 0 Å². The van der Waals surface area contributed by atoms with Gasteiger partial charge in [0.2, 0.25) is 11.8 Å². The van der Waals surface area contributed by atoms with Gasteiger partial charge in [-0.2, -0.15) is 0 Å². The third-order valence-electron chi connectivity index (χ3n) is 4.74. The van der Waals surface area contributed by atoms with Gasteiger partial charge in [0, 0.05) is 19.5 Å². The van der Waals surface area contributed by atoms with Crippen LogP contribution in [0.1, 0.15) is 84.5 Å². The normalized spacial score (nSPS) is 17.1. The Kier molecular flexibility index (Phi) is 11.7. The Balaban J connectivity index is 2.23. The molecule has 1 saturated heterocycles. The molecule has 1 unspecified atom stereocenters. The third-order valence-corrected chi connectivity index (χ3v) is 4.74. The smallest absolute Gasteiger partial charge is 0.308 e. The molecular formula is C20H36N2O4. The zero-order chi connectivity index (χ0) is 19.2. The molecule has 1 fully saturated rings. The number of amides is 2. The molecule has 2 amide bonds. The lowest BCUT2D eigenvalue weighted by atomic mass is 10.1. The van der Waals surface area contributed by atoms with E-state index in [1.54, 1.807) is 0 Å². The van der Waals surface area contributed by atoms with Gasteiger partial charge in [0.25, 0.3) is 0 Å². The molecule has 1 aliphatic rings. The molecule has 1 aliphatic heterocycles. The van der Waals surface area contributed by atoms with Crippen molar-refractivity contribution in [3.05, 3.63) is 0 Å². The van der Waals surface area contributed by atoms with Crippen LogP contribution in [0.25, 0.3) is 0 Å². The van der Waals surface area contributed by atoms with Crippen molar-refractivity contribution in [3.63, 3.8) is 0 Å². The molecule has 1 rings (SSSR count). The zero-order valence-corrected chi connectivity index (χ0v) is 16.6. The van der Waals surface area contributed by atoms with Gasteiger partial charge in [0.1, 0.15) is 6.04 Å². The summed E-state index contributed by atoms with van der Waals surface area (Å²) in [5.41, 5.74) is 0. The highest BCUT2D eigenvalue weighted by atomic mass is 16.5. The van der Waals surface area contributed by atoms with Crippen LogP contribution in [0.4, 0.5) is 0 Å². The maximum Gasteiger partial charge on any atom is 0.308 e. The molecule has 0 aromatic rings. The van der Waals surface area contributed by atoms with E-state index in [0.29, 0.717) is 26.1 Å². The number of esters is 1. The molecule has 0 bridgehead atoms. The highest BCUT2D eigenvalue weighted by Crippen LogP contribution is 2.13. The van der Waals surface area contributed by atoms with Gasteiger partial charge in [0.05, 0.1) is 13.0 Å². The van der Waals surface area contributed by atoms with Crippen LogP contribution in [0.5, 0.6) is 0 Å². The molecule has 0 aromatic heterocycles. The Morgan fingerprint density at radius 1 is 1.04 bits per heavy atom. The fraction of sp³-hybridized carbons (Fsp3) is 0.850. The van der Waals surface area contributed by atoms with Crippen LogP contribution < -0.4 is 5.32 Å². The van der Waals surface area contributed by atoms with E-state index in [-0.39, 0.29) is 18.2 Å². The third kappa shape index (κ3) is 8.68. The number of hydrogen-bond acceptors (Lipinski definition) is 4. The summed E-state index contributed by atoms with van der Waals surface area (Å²) < 4.78 is 5.27. The molecule has 6 nitrogen and oxygen atoms in total. The first-order chi connectivity index (χ1) is 12.6. The molecule has 0 saturated carbocycles. The van der Waals surface area contributed by atoms with E-state index < -0.39 is 12.0 Å². The van der Waals surface area contributed by atoms with Gasteiger partial charge in [-0.1, -0.05) is 58.8 Å². The van der Waals surface area contributed by atoms with Gasteiger partial charge >= 0.3 is 5.97 Å². The minimum atomic E-state index is -0.728. The summed E-state index contributed by atoms with van der Waals surface area (Å²) in [6.07, 6.45) is 10.6. The topological polar surface area (TPSA) is 75.7 Å². The minimum absolute atomic E-state index is 0.0572. The summed E-state index contributed by atoms with van der Waals surface area (Å²) in [6.45, 7) is 5.43. The molecule has 150 valence electrons. The van der Waals surface area contributed by atoms with Crippen LogP contribution >= 0.6 is 0 Å². The molecule has 1 heterocycles. The Morgan fingerprint density at radius 2 is 1.69 bits per heavy atom. The maximum absolute atomic E-state index is 12.2. The number of hydrogen-bond donors (Lipinski definition) is 1. The van der Waals surface area contributed by atoms with Gasteiger partial charge in [-0.3, -0.25) is 14.4 Å². The zero-order valence-electron chi connectivity index (χ0n) is 16.6. The first-order valence-corrected chi connectivity index (χ1v) is 10.3. The number of carbonyl (C=O) groups excluding carboxylic acids is 3. The van der Waals surface area contributed by atoms with Crippen LogP contribution in [-0.2, 0) is 19.1 Å². The molecule has 0 aliphatic carbocycles.